The van der Waals surface area contributed by atoms with Crippen LogP contribution in [0.2, 0.25) is 5.02 Å². The van der Waals surface area contributed by atoms with Crippen molar-refractivity contribution in [3.63, 3.8) is 0 Å². The van der Waals surface area contributed by atoms with Crippen LogP contribution in [-0.4, -0.2) is 18.2 Å². The van der Waals surface area contributed by atoms with Crippen molar-refractivity contribution in [3.8, 4) is 0 Å². The van der Waals surface area contributed by atoms with E-state index in [0.29, 0.717) is 17.0 Å². The van der Waals surface area contributed by atoms with E-state index in [9.17, 15) is 9.18 Å². The normalized spacial score (nSPS) is 12.1. The van der Waals surface area contributed by atoms with Gasteiger partial charge in [-0.05, 0) is 42.3 Å². The molecule has 0 heterocycles. The Morgan fingerprint density at radius 3 is 2.70 bits per heavy atom. The van der Waals surface area contributed by atoms with E-state index in [2.05, 4.69) is 15.8 Å². The second-order valence-corrected chi connectivity index (χ2v) is 5.34. The van der Waals surface area contributed by atoms with Crippen LogP contribution in [0.15, 0.2) is 53.6 Å². The van der Waals surface area contributed by atoms with Crippen molar-refractivity contribution in [2.45, 2.75) is 19.4 Å². The molecule has 2 aromatic rings. The molecule has 2 aromatic carbocycles. The molecule has 0 radical (unpaired) electrons. The summed E-state index contributed by atoms with van der Waals surface area (Å²) in [6.07, 6.45) is 2.05. The Morgan fingerprint density at radius 2 is 2.04 bits per heavy atom. The number of carbonyl (C=O) groups is 1. The molecule has 6 heteroatoms. The van der Waals surface area contributed by atoms with Gasteiger partial charge in [0.2, 0.25) is 0 Å². The van der Waals surface area contributed by atoms with E-state index in [-0.39, 0.29) is 11.7 Å². The molecule has 1 unspecified atom stereocenters. The first kappa shape index (κ1) is 17.0. The lowest BCUT2D eigenvalue weighted by Gasteiger charge is -2.16. The largest absolute Gasteiger partial charge is 0.374 e. The number of anilines is 1. The average molecular weight is 334 g/mol. The number of nitrogens with one attached hydrogen (secondary N) is 2. The van der Waals surface area contributed by atoms with E-state index in [1.165, 1.54) is 18.3 Å². The van der Waals surface area contributed by atoms with Crippen molar-refractivity contribution >= 4 is 29.4 Å². The number of benzene rings is 2. The van der Waals surface area contributed by atoms with E-state index < -0.39 is 6.04 Å². The third-order valence-corrected chi connectivity index (χ3v) is 3.38. The number of hydrazone groups is 1. The molecular weight excluding hydrogens is 317 g/mol. The Labute approximate surface area is 139 Å². The summed E-state index contributed by atoms with van der Waals surface area (Å²) >= 11 is 5.92. The highest BCUT2D eigenvalue weighted by atomic mass is 35.5. The molecule has 1 atom stereocenters. The molecule has 2 N–H and O–H groups in total. The molecule has 0 aliphatic rings. The first-order valence-corrected chi connectivity index (χ1v) is 7.57. The molecule has 4 nitrogen and oxygen atoms in total. The van der Waals surface area contributed by atoms with Gasteiger partial charge in [0, 0.05) is 10.7 Å². The van der Waals surface area contributed by atoms with Gasteiger partial charge in [-0.3, -0.25) is 4.79 Å². The third-order valence-electron chi connectivity index (χ3n) is 3.15. The number of rotatable bonds is 6. The van der Waals surface area contributed by atoms with Crippen LogP contribution >= 0.6 is 11.6 Å². The Hall–Kier alpha value is -2.40. The van der Waals surface area contributed by atoms with E-state index in [1.54, 1.807) is 24.3 Å². The Morgan fingerprint density at radius 1 is 1.30 bits per heavy atom. The lowest BCUT2D eigenvalue weighted by atomic mass is 10.2. The van der Waals surface area contributed by atoms with Crippen molar-refractivity contribution in [1.29, 1.82) is 0 Å². The Kier molecular flexibility index (Phi) is 6.11. The number of nitrogens with zero attached hydrogens (tertiary/aromatic N) is 1. The fraction of sp³-hybridized carbons (Fsp3) is 0.176. The first-order valence-electron chi connectivity index (χ1n) is 7.19. The third kappa shape index (κ3) is 5.38. The summed E-state index contributed by atoms with van der Waals surface area (Å²) in [6, 6.07) is 12.5. The molecule has 120 valence electrons. The summed E-state index contributed by atoms with van der Waals surface area (Å²) < 4.78 is 12.8. The predicted molar refractivity (Wildman–Crippen MR) is 91.3 cm³/mol. The topological polar surface area (TPSA) is 53.5 Å². The second kappa shape index (κ2) is 8.29. The van der Waals surface area contributed by atoms with Gasteiger partial charge < -0.3 is 5.32 Å². The molecule has 0 aliphatic carbocycles. The Bertz CT molecular complexity index is 688. The van der Waals surface area contributed by atoms with Gasteiger partial charge >= 0.3 is 0 Å². The summed E-state index contributed by atoms with van der Waals surface area (Å²) in [6.45, 7) is 1.89. The van der Waals surface area contributed by atoms with Crippen LogP contribution in [-0.2, 0) is 4.79 Å². The minimum Gasteiger partial charge on any atom is -0.374 e. The minimum absolute atomic E-state index is 0.258. The highest BCUT2D eigenvalue weighted by Gasteiger charge is 2.15. The van der Waals surface area contributed by atoms with Crippen molar-refractivity contribution in [3.05, 3.63) is 64.9 Å². The van der Waals surface area contributed by atoms with Gasteiger partial charge in [-0.25, -0.2) is 9.82 Å². The van der Waals surface area contributed by atoms with Gasteiger partial charge in [-0.1, -0.05) is 36.7 Å². The lowest BCUT2D eigenvalue weighted by Crippen LogP contribution is -2.36. The predicted octanol–water partition coefficient (Wildman–Crippen LogP) is 3.82. The van der Waals surface area contributed by atoms with Crippen LogP contribution in [0.25, 0.3) is 0 Å². The standard InChI is InChI=1S/C17H17ClFN3O/c1-2-16(21-15-5-3-4-13(18)10-15)17(23)22-20-11-12-6-8-14(19)9-7-12/h3-11,16,21H,2H2,1H3,(H,22,23). The highest BCUT2D eigenvalue weighted by Crippen LogP contribution is 2.16. The molecule has 0 aliphatic heterocycles. The number of amides is 1. The number of hydrogen-bond donors (Lipinski definition) is 2. The van der Waals surface area contributed by atoms with Gasteiger partial charge in [0.05, 0.1) is 6.21 Å². The minimum atomic E-state index is -0.432. The first-order chi connectivity index (χ1) is 11.1. The summed E-state index contributed by atoms with van der Waals surface area (Å²) in [7, 11) is 0. The number of halogens is 2. The van der Waals surface area contributed by atoms with E-state index in [1.807, 2.05) is 19.1 Å². The molecule has 0 saturated carbocycles. The summed E-state index contributed by atoms with van der Waals surface area (Å²) in [4.78, 5) is 12.1. The maximum atomic E-state index is 12.8. The van der Waals surface area contributed by atoms with Gasteiger partial charge in [-0.15, -0.1) is 0 Å². The van der Waals surface area contributed by atoms with Gasteiger partial charge in [0.1, 0.15) is 11.9 Å². The van der Waals surface area contributed by atoms with Crippen molar-refractivity contribution in [2.75, 3.05) is 5.32 Å². The quantitative estimate of drug-likeness (QED) is 0.623. The van der Waals surface area contributed by atoms with Gasteiger partial charge in [0.25, 0.3) is 5.91 Å². The Balaban J connectivity index is 1.93. The smallest absolute Gasteiger partial charge is 0.262 e. The van der Waals surface area contributed by atoms with Gasteiger partial charge in [0.15, 0.2) is 0 Å². The molecule has 1 amide bonds. The maximum Gasteiger partial charge on any atom is 0.262 e. The molecule has 2 rings (SSSR count). The van der Waals surface area contributed by atoms with Crippen molar-refractivity contribution in [2.24, 2.45) is 5.10 Å². The SMILES string of the molecule is CCC(Nc1cccc(Cl)c1)C(=O)NN=Cc1ccc(F)cc1. The van der Waals surface area contributed by atoms with Crippen LogP contribution in [0.5, 0.6) is 0 Å². The summed E-state index contributed by atoms with van der Waals surface area (Å²) in [5.41, 5.74) is 3.94. The zero-order valence-corrected chi connectivity index (χ0v) is 13.3. The molecule has 0 fully saturated rings. The molecule has 0 saturated heterocycles. The van der Waals surface area contributed by atoms with Gasteiger partial charge in [-0.2, -0.15) is 5.10 Å². The highest BCUT2D eigenvalue weighted by molar-refractivity contribution is 6.30. The molecule has 23 heavy (non-hydrogen) atoms. The van der Waals surface area contributed by atoms with Crippen LogP contribution in [0, 0.1) is 5.82 Å². The van der Waals surface area contributed by atoms with Crippen molar-refractivity contribution < 1.29 is 9.18 Å². The van der Waals surface area contributed by atoms with Crippen LogP contribution < -0.4 is 10.7 Å². The summed E-state index contributed by atoms with van der Waals surface area (Å²) in [5.74, 6) is -0.575. The fourth-order valence-electron chi connectivity index (χ4n) is 1.93. The summed E-state index contributed by atoms with van der Waals surface area (Å²) in [5, 5.41) is 7.59. The lowest BCUT2D eigenvalue weighted by molar-refractivity contribution is -0.121. The maximum absolute atomic E-state index is 12.8. The molecule has 0 bridgehead atoms. The van der Waals surface area contributed by atoms with Crippen LogP contribution in [0.1, 0.15) is 18.9 Å². The average Bonchev–Trinajstić information content (AvgIpc) is 2.54. The molecule has 0 aromatic heterocycles. The monoisotopic (exact) mass is 333 g/mol. The van der Waals surface area contributed by atoms with Crippen molar-refractivity contribution in [1.82, 2.24) is 5.43 Å². The van der Waals surface area contributed by atoms with E-state index in [0.717, 1.165) is 5.69 Å². The number of hydrogen-bond acceptors (Lipinski definition) is 3. The van der Waals surface area contributed by atoms with E-state index in [4.69, 9.17) is 11.6 Å². The molecular formula is C17H17ClFN3O. The zero-order chi connectivity index (χ0) is 16.7. The van der Waals surface area contributed by atoms with Crippen LogP contribution in [0.3, 0.4) is 0 Å². The number of carbonyl (C=O) groups excluding carboxylic acids is 1. The van der Waals surface area contributed by atoms with E-state index >= 15 is 0 Å². The molecule has 0 spiro atoms. The fourth-order valence-corrected chi connectivity index (χ4v) is 2.12. The zero-order valence-electron chi connectivity index (χ0n) is 12.6. The van der Waals surface area contributed by atoms with Crippen LogP contribution in [0.4, 0.5) is 10.1 Å². The second-order valence-electron chi connectivity index (χ2n) is 4.90.